The predicted octanol–water partition coefficient (Wildman–Crippen LogP) is 5.50. The van der Waals surface area contributed by atoms with Crippen LogP contribution in [0.15, 0.2) is 83.3 Å². The second-order valence-electron chi connectivity index (χ2n) is 6.17. The predicted molar refractivity (Wildman–Crippen MR) is 125 cm³/mol. The van der Waals surface area contributed by atoms with Crippen molar-refractivity contribution in [2.75, 3.05) is 27.5 Å². The van der Waals surface area contributed by atoms with Crippen LogP contribution in [0, 0.1) is 0 Å². The number of rotatable bonds is 8. The van der Waals surface area contributed by atoms with Gasteiger partial charge in [0.15, 0.2) is 0 Å². The maximum Gasteiger partial charge on any atom is 0.234 e. The van der Waals surface area contributed by atoms with E-state index in [-0.39, 0.29) is 23.3 Å². The van der Waals surface area contributed by atoms with Crippen molar-refractivity contribution in [3.05, 3.63) is 83.3 Å². The number of carbonyl (C=O) groups is 2. The largest absolute Gasteiger partial charge is 0.356 e. The van der Waals surface area contributed by atoms with Crippen LogP contribution in [-0.4, -0.2) is 23.3 Å². The van der Waals surface area contributed by atoms with E-state index < -0.39 is 0 Å². The van der Waals surface area contributed by atoms with Crippen molar-refractivity contribution in [1.82, 2.24) is 0 Å². The number of hydrogen-bond donors (Lipinski definition) is 3. The molecule has 0 aromatic heterocycles. The fraction of sp³-hybridized carbons (Fsp3) is 0.0909. The summed E-state index contributed by atoms with van der Waals surface area (Å²) in [5.74, 6) is 0.127. The number of thioether (sulfide) groups is 1. The van der Waals surface area contributed by atoms with Crippen LogP contribution >= 0.6 is 27.7 Å². The Morgan fingerprint density at radius 3 is 1.90 bits per heavy atom. The highest BCUT2D eigenvalue weighted by molar-refractivity contribution is 9.10. The van der Waals surface area contributed by atoms with E-state index in [0.29, 0.717) is 5.69 Å². The van der Waals surface area contributed by atoms with Crippen LogP contribution in [0.4, 0.5) is 22.7 Å². The molecule has 0 bridgehead atoms. The third-order valence-electron chi connectivity index (χ3n) is 3.81. The van der Waals surface area contributed by atoms with Gasteiger partial charge in [0, 0.05) is 27.2 Å². The minimum atomic E-state index is -0.144. The first-order valence-corrected chi connectivity index (χ1v) is 10.9. The zero-order chi connectivity index (χ0) is 20.5. The molecule has 0 heterocycles. The van der Waals surface area contributed by atoms with E-state index >= 15 is 0 Å². The topological polar surface area (TPSA) is 70.2 Å². The molecule has 0 radical (unpaired) electrons. The molecule has 29 heavy (non-hydrogen) atoms. The summed E-state index contributed by atoms with van der Waals surface area (Å²) in [5, 5.41) is 8.93. The Bertz CT molecular complexity index is 965. The van der Waals surface area contributed by atoms with Crippen molar-refractivity contribution >= 4 is 62.3 Å². The number of nitrogens with one attached hydrogen (secondary N) is 3. The Kier molecular flexibility index (Phi) is 7.72. The van der Waals surface area contributed by atoms with Crippen molar-refractivity contribution < 1.29 is 9.59 Å². The molecule has 0 saturated carbocycles. The number of para-hydroxylation sites is 1. The van der Waals surface area contributed by atoms with Crippen molar-refractivity contribution in [2.45, 2.75) is 0 Å². The molecule has 0 spiro atoms. The van der Waals surface area contributed by atoms with E-state index in [1.165, 1.54) is 11.8 Å². The average Bonchev–Trinajstić information content (AvgIpc) is 2.70. The number of benzene rings is 3. The molecule has 0 aliphatic rings. The molecule has 3 aromatic carbocycles. The molecule has 7 heteroatoms. The van der Waals surface area contributed by atoms with Crippen LogP contribution in [0.3, 0.4) is 0 Å². The van der Waals surface area contributed by atoms with E-state index in [1.54, 1.807) is 0 Å². The number of halogens is 1. The third-order valence-corrected chi connectivity index (χ3v) is 5.23. The van der Waals surface area contributed by atoms with Crippen LogP contribution in [-0.2, 0) is 9.59 Å². The van der Waals surface area contributed by atoms with Crippen LogP contribution in [0.2, 0.25) is 0 Å². The second-order valence-corrected chi connectivity index (χ2v) is 8.07. The standard InChI is InChI=1S/C22H20BrN3O2S/c23-16-5-4-8-20(13-16)26-22(28)15-29-14-21(27)25-19-11-9-18(10-12-19)24-17-6-2-1-3-7-17/h1-13,24H,14-15H2,(H,25,27)(H,26,28). The van der Waals surface area contributed by atoms with Gasteiger partial charge in [-0.05, 0) is 54.6 Å². The van der Waals surface area contributed by atoms with Crippen molar-refractivity contribution in [2.24, 2.45) is 0 Å². The Labute approximate surface area is 182 Å². The van der Waals surface area contributed by atoms with Gasteiger partial charge in [-0.15, -0.1) is 11.8 Å². The average molecular weight is 470 g/mol. The van der Waals surface area contributed by atoms with Gasteiger partial charge in [-0.1, -0.05) is 40.2 Å². The summed E-state index contributed by atoms with van der Waals surface area (Å²) >= 11 is 4.63. The summed E-state index contributed by atoms with van der Waals surface area (Å²) in [4.78, 5) is 24.1. The second kappa shape index (κ2) is 10.7. The summed E-state index contributed by atoms with van der Waals surface area (Å²) in [5.41, 5.74) is 3.38. The van der Waals surface area contributed by atoms with Crippen LogP contribution in [0.5, 0.6) is 0 Å². The highest BCUT2D eigenvalue weighted by Gasteiger charge is 2.07. The van der Waals surface area contributed by atoms with E-state index in [1.807, 2.05) is 78.9 Å². The SMILES string of the molecule is O=C(CSCC(=O)Nc1cccc(Br)c1)Nc1ccc(Nc2ccccc2)cc1. The summed E-state index contributed by atoms with van der Waals surface area (Å²) < 4.78 is 0.896. The molecule has 0 fully saturated rings. The van der Waals surface area contributed by atoms with Crippen LogP contribution < -0.4 is 16.0 Å². The molecule has 0 saturated heterocycles. The molecule has 0 aliphatic carbocycles. The maximum absolute atomic E-state index is 12.1. The Morgan fingerprint density at radius 2 is 1.24 bits per heavy atom. The van der Waals surface area contributed by atoms with Gasteiger partial charge in [0.05, 0.1) is 11.5 Å². The van der Waals surface area contributed by atoms with Crippen molar-refractivity contribution in [3.63, 3.8) is 0 Å². The molecule has 0 atom stereocenters. The van der Waals surface area contributed by atoms with Gasteiger partial charge in [-0.3, -0.25) is 9.59 Å². The van der Waals surface area contributed by atoms with Gasteiger partial charge >= 0.3 is 0 Å². The summed E-state index contributed by atoms with van der Waals surface area (Å²) in [6, 6.07) is 24.7. The van der Waals surface area contributed by atoms with E-state index in [2.05, 4.69) is 31.9 Å². The number of carbonyl (C=O) groups excluding carboxylic acids is 2. The first-order valence-electron chi connectivity index (χ1n) is 8.94. The maximum atomic E-state index is 12.1. The Morgan fingerprint density at radius 1 is 0.690 bits per heavy atom. The van der Waals surface area contributed by atoms with E-state index in [4.69, 9.17) is 0 Å². The number of anilines is 4. The number of hydrogen-bond acceptors (Lipinski definition) is 4. The monoisotopic (exact) mass is 469 g/mol. The summed E-state index contributed by atoms with van der Waals surface area (Å²) in [7, 11) is 0. The first kappa shape index (κ1) is 21.0. The van der Waals surface area contributed by atoms with Gasteiger partial charge < -0.3 is 16.0 Å². The quantitative estimate of drug-likeness (QED) is 0.407. The Hall–Kier alpha value is -2.77. The molecule has 5 nitrogen and oxygen atoms in total. The zero-order valence-electron chi connectivity index (χ0n) is 15.5. The van der Waals surface area contributed by atoms with Gasteiger partial charge in [-0.25, -0.2) is 0 Å². The molecule has 0 aliphatic heterocycles. The molecular weight excluding hydrogens is 450 g/mol. The minimum absolute atomic E-state index is 0.141. The first-order chi connectivity index (χ1) is 14.1. The van der Waals surface area contributed by atoms with Gasteiger partial charge in [0.1, 0.15) is 0 Å². The molecule has 0 unspecified atom stereocenters. The van der Waals surface area contributed by atoms with Gasteiger partial charge in [0.25, 0.3) is 0 Å². The summed E-state index contributed by atoms with van der Waals surface area (Å²) in [6.45, 7) is 0. The summed E-state index contributed by atoms with van der Waals surface area (Å²) in [6.07, 6.45) is 0. The van der Waals surface area contributed by atoms with Gasteiger partial charge in [-0.2, -0.15) is 0 Å². The Balaban J connectivity index is 1.39. The fourth-order valence-electron chi connectivity index (χ4n) is 2.52. The highest BCUT2D eigenvalue weighted by atomic mass is 79.9. The molecule has 3 rings (SSSR count). The highest BCUT2D eigenvalue weighted by Crippen LogP contribution is 2.19. The lowest BCUT2D eigenvalue weighted by atomic mass is 10.2. The van der Waals surface area contributed by atoms with Gasteiger partial charge in [0.2, 0.25) is 11.8 Å². The van der Waals surface area contributed by atoms with Crippen LogP contribution in [0.25, 0.3) is 0 Å². The minimum Gasteiger partial charge on any atom is -0.356 e. The fourth-order valence-corrected chi connectivity index (χ4v) is 3.54. The smallest absolute Gasteiger partial charge is 0.234 e. The zero-order valence-corrected chi connectivity index (χ0v) is 17.9. The molecule has 148 valence electrons. The lowest BCUT2D eigenvalue weighted by molar-refractivity contribution is -0.114. The van der Waals surface area contributed by atoms with Crippen LogP contribution in [0.1, 0.15) is 0 Å². The number of amides is 2. The third kappa shape index (κ3) is 7.29. The molecule has 3 aromatic rings. The van der Waals surface area contributed by atoms with Crippen molar-refractivity contribution in [1.29, 1.82) is 0 Å². The normalized spacial score (nSPS) is 10.2. The molecule has 2 amide bonds. The van der Waals surface area contributed by atoms with E-state index in [9.17, 15) is 9.59 Å². The van der Waals surface area contributed by atoms with E-state index in [0.717, 1.165) is 21.5 Å². The molecule has 3 N–H and O–H groups in total. The van der Waals surface area contributed by atoms with Crippen molar-refractivity contribution in [3.8, 4) is 0 Å². The lowest BCUT2D eigenvalue weighted by Crippen LogP contribution is -2.18. The lowest BCUT2D eigenvalue weighted by Gasteiger charge is -2.09. The molecular formula is C22H20BrN3O2S.